The molecule has 0 spiro atoms. The van der Waals surface area contributed by atoms with Gasteiger partial charge in [0, 0.05) is 36.8 Å². The number of nitrogens with zero attached hydrogens (tertiary/aromatic N) is 8. The number of imidazole rings is 1. The Balaban J connectivity index is 1.22. The molecule has 1 N–H and O–H groups in total. The zero-order valence-corrected chi connectivity index (χ0v) is 23.3. The Bertz CT molecular complexity index is 1600. The summed E-state index contributed by atoms with van der Waals surface area (Å²) in [5, 5.41) is 12.4. The first-order chi connectivity index (χ1) is 20.2. The molecule has 0 aromatic carbocycles. The van der Waals surface area contributed by atoms with Crippen LogP contribution in [0.15, 0.2) is 42.6 Å². The van der Waals surface area contributed by atoms with E-state index in [2.05, 4.69) is 35.4 Å². The first-order valence-corrected chi connectivity index (χ1v) is 14.4. The zero-order chi connectivity index (χ0) is 29.4. The third-order valence-electron chi connectivity index (χ3n) is 7.30. The molecule has 15 heteroatoms. The number of hydrogen-bond acceptors (Lipinski definition) is 8. The Morgan fingerprint density at radius 3 is 2.67 bits per heavy atom. The van der Waals surface area contributed by atoms with Crippen LogP contribution in [-0.2, 0) is 0 Å². The molecule has 2 fully saturated rings. The van der Waals surface area contributed by atoms with Crippen LogP contribution < -0.4 is 10.2 Å². The van der Waals surface area contributed by atoms with Crippen LogP contribution in [0.3, 0.4) is 0 Å². The lowest BCUT2D eigenvalue weighted by Crippen LogP contribution is -2.35. The van der Waals surface area contributed by atoms with Gasteiger partial charge in [0.15, 0.2) is 10.8 Å². The molecule has 0 radical (unpaired) electrons. The highest BCUT2D eigenvalue weighted by atomic mass is 32.1. The largest absolute Gasteiger partial charge is 0.394 e. The number of pyridine rings is 1. The monoisotopic (exact) mass is 601 g/mol. The van der Waals surface area contributed by atoms with Crippen molar-refractivity contribution in [2.24, 2.45) is 5.92 Å². The molecule has 4 aromatic rings. The van der Waals surface area contributed by atoms with Gasteiger partial charge in [-0.15, -0.1) is 21.5 Å². The van der Waals surface area contributed by atoms with Crippen LogP contribution in [0.2, 0.25) is 0 Å². The van der Waals surface area contributed by atoms with Gasteiger partial charge in [0.2, 0.25) is 0 Å². The van der Waals surface area contributed by atoms with E-state index in [1.807, 2.05) is 10.8 Å². The Kier molecular flexibility index (Phi) is 7.51. The van der Waals surface area contributed by atoms with Crippen molar-refractivity contribution in [3.05, 3.63) is 54.0 Å². The lowest BCUT2D eigenvalue weighted by Gasteiger charge is -2.32. The molecule has 1 aliphatic heterocycles. The Morgan fingerprint density at radius 2 is 1.93 bits per heavy atom. The molecular formula is C27H27F4N9OS. The van der Waals surface area contributed by atoms with E-state index in [1.165, 1.54) is 17.1 Å². The Morgan fingerprint density at radius 1 is 1.14 bits per heavy atom. The summed E-state index contributed by atoms with van der Waals surface area (Å²) in [4.78, 5) is 28.6. The Labute approximate surface area is 242 Å². The summed E-state index contributed by atoms with van der Waals surface area (Å²) in [5.41, 5.74) is 2.66. The normalized spacial score (nSPS) is 17.2. The second kappa shape index (κ2) is 11.3. The highest BCUT2D eigenvalue weighted by Gasteiger charge is 2.34. The van der Waals surface area contributed by atoms with Crippen molar-refractivity contribution >= 4 is 34.9 Å². The van der Waals surface area contributed by atoms with Crippen LogP contribution in [0.4, 0.5) is 29.1 Å². The lowest BCUT2D eigenvalue weighted by atomic mass is 10.1. The predicted octanol–water partition coefficient (Wildman–Crippen LogP) is 5.72. The van der Waals surface area contributed by atoms with Gasteiger partial charge in [-0.1, -0.05) is 13.0 Å². The summed E-state index contributed by atoms with van der Waals surface area (Å²) in [5.74, 6) is -1.22. The number of carbonyl (C=O) groups excluding carboxylic acids is 1. The second-order valence-corrected chi connectivity index (χ2v) is 11.3. The molecule has 10 nitrogen and oxygen atoms in total. The molecular weight excluding hydrogens is 574 g/mol. The maximum Gasteiger partial charge on any atom is 0.394 e. The van der Waals surface area contributed by atoms with Gasteiger partial charge >= 0.3 is 6.18 Å². The number of nitrogens with one attached hydrogen (secondary N) is 1. The molecule has 1 amide bonds. The van der Waals surface area contributed by atoms with Crippen molar-refractivity contribution in [3.63, 3.8) is 0 Å². The number of amides is 1. The molecule has 1 atom stereocenters. The molecule has 1 saturated heterocycles. The summed E-state index contributed by atoms with van der Waals surface area (Å²) in [6.45, 7) is 2.14. The number of carbonyl (C=O) groups is 1. The number of halogens is 4. The summed E-state index contributed by atoms with van der Waals surface area (Å²) >= 11 is 1.16. The maximum absolute atomic E-state index is 13.8. The smallest absolute Gasteiger partial charge is 0.368 e. The molecule has 0 unspecified atom stereocenters. The number of aromatic nitrogens is 7. The van der Waals surface area contributed by atoms with Crippen molar-refractivity contribution < 1.29 is 22.4 Å². The maximum atomic E-state index is 13.8. The van der Waals surface area contributed by atoms with E-state index in [-0.39, 0.29) is 17.3 Å². The van der Waals surface area contributed by atoms with E-state index >= 15 is 0 Å². The minimum absolute atomic E-state index is 0.151. The summed E-state index contributed by atoms with van der Waals surface area (Å²) < 4.78 is 55.7. The minimum atomic E-state index is -4.36. The van der Waals surface area contributed by atoms with Crippen molar-refractivity contribution in [2.75, 3.05) is 23.3 Å². The SMILES string of the molecule is C[C@H](/C=C/n1cnnc1-c1nc(NC(=O)c2cc(-n3cnc(C4CC4)c3)c(N3CCC(F)CC3)cn2)cs1)C(F)(F)F. The predicted molar refractivity (Wildman–Crippen MR) is 149 cm³/mol. The highest BCUT2D eigenvalue weighted by molar-refractivity contribution is 7.13. The molecule has 42 heavy (non-hydrogen) atoms. The third-order valence-corrected chi connectivity index (χ3v) is 8.14. The first-order valence-electron chi connectivity index (χ1n) is 13.5. The first kappa shape index (κ1) is 28.0. The van der Waals surface area contributed by atoms with E-state index in [4.69, 9.17) is 0 Å². The van der Waals surface area contributed by atoms with Crippen molar-refractivity contribution in [1.29, 1.82) is 0 Å². The Hall–Kier alpha value is -4.14. The quantitative estimate of drug-likeness (QED) is 0.258. The van der Waals surface area contributed by atoms with Crippen LogP contribution in [-0.4, -0.2) is 65.6 Å². The van der Waals surface area contributed by atoms with Gasteiger partial charge in [0.05, 0.1) is 35.5 Å². The fourth-order valence-corrected chi connectivity index (χ4v) is 5.35. The van der Waals surface area contributed by atoms with Crippen molar-refractivity contribution in [1.82, 2.24) is 34.3 Å². The van der Waals surface area contributed by atoms with Gasteiger partial charge in [-0.3, -0.25) is 9.36 Å². The molecule has 1 aliphatic carbocycles. The van der Waals surface area contributed by atoms with E-state index in [1.54, 1.807) is 24.0 Å². The van der Waals surface area contributed by atoms with E-state index in [0.29, 0.717) is 36.9 Å². The fourth-order valence-electron chi connectivity index (χ4n) is 4.61. The van der Waals surface area contributed by atoms with E-state index in [0.717, 1.165) is 54.2 Å². The molecule has 2 aliphatic rings. The summed E-state index contributed by atoms with van der Waals surface area (Å²) in [6.07, 6.45) is 6.71. The number of allylic oxidation sites excluding steroid dienone is 1. The van der Waals surface area contributed by atoms with Gasteiger partial charge in [-0.05, 0) is 31.7 Å². The van der Waals surface area contributed by atoms with Gasteiger partial charge in [-0.2, -0.15) is 13.2 Å². The van der Waals surface area contributed by atoms with Crippen LogP contribution >= 0.6 is 11.3 Å². The number of thiazole rings is 1. The molecule has 6 rings (SSSR count). The number of alkyl halides is 4. The number of piperidine rings is 1. The average Bonchev–Trinajstić information content (AvgIpc) is 3.33. The number of hydrogen-bond donors (Lipinski definition) is 1. The zero-order valence-electron chi connectivity index (χ0n) is 22.5. The van der Waals surface area contributed by atoms with Crippen LogP contribution in [0.1, 0.15) is 54.7 Å². The van der Waals surface area contributed by atoms with E-state index in [9.17, 15) is 22.4 Å². The number of anilines is 2. The molecule has 5 heterocycles. The molecule has 4 aromatic heterocycles. The van der Waals surface area contributed by atoms with Crippen molar-refractivity contribution in [3.8, 4) is 16.5 Å². The van der Waals surface area contributed by atoms with Crippen LogP contribution in [0.25, 0.3) is 22.7 Å². The summed E-state index contributed by atoms with van der Waals surface area (Å²) in [6, 6.07) is 1.68. The topological polar surface area (TPSA) is 107 Å². The fraction of sp³-hybridized carbons (Fsp3) is 0.407. The van der Waals surface area contributed by atoms with Crippen LogP contribution in [0.5, 0.6) is 0 Å². The van der Waals surface area contributed by atoms with Gasteiger partial charge in [0.1, 0.15) is 24.0 Å². The average molecular weight is 602 g/mol. The highest BCUT2D eigenvalue weighted by Crippen LogP contribution is 2.39. The van der Waals surface area contributed by atoms with Gasteiger partial charge in [-0.25, -0.2) is 19.3 Å². The standard InChI is InChI=1S/C27H27F4N9OS/c1-16(27(29,30)31)4-7-39-15-34-37-24(39)26-36-23(13-42-26)35-25(41)19-10-21(40-12-20(33-14-40)17-2-3-17)22(11-32-19)38-8-5-18(28)6-9-38/h4,7,10-18H,2-3,5-6,8-9H2,1H3,(H,35,41)/b7-4+/t16-/m1/s1. The van der Waals surface area contributed by atoms with Gasteiger partial charge < -0.3 is 14.8 Å². The van der Waals surface area contributed by atoms with Gasteiger partial charge in [0.25, 0.3) is 5.91 Å². The molecule has 1 saturated carbocycles. The minimum Gasteiger partial charge on any atom is -0.368 e. The third kappa shape index (κ3) is 6.05. The van der Waals surface area contributed by atoms with E-state index < -0.39 is 24.2 Å². The lowest BCUT2D eigenvalue weighted by molar-refractivity contribution is -0.156. The summed E-state index contributed by atoms with van der Waals surface area (Å²) in [7, 11) is 0. The second-order valence-electron chi connectivity index (χ2n) is 10.4. The van der Waals surface area contributed by atoms with Crippen LogP contribution in [0, 0.1) is 5.92 Å². The molecule has 0 bridgehead atoms. The number of rotatable bonds is 8. The van der Waals surface area contributed by atoms with Crippen molar-refractivity contribution in [2.45, 2.75) is 50.9 Å². The molecule has 220 valence electrons.